The van der Waals surface area contributed by atoms with E-state index in [2.05, 4.69) is 10.2 Å². The van der Waals surface area contributed by atoms with Gasteiger partial charge in [0.1, 0.15) is 11.9 Å². The fourth-order valence-electron chi connectivity index (χ4n) is 3.90. The first-order valence-corrected chi connectivity index (χ1v) is 9.22. The molecule has 0 radical (unpaired) electrons. The second kappa shape index (κ2) is 11.0. The summed E-state index contributed by atoms with van der Waals surface area (Å²) in [4.78, 5) is 31.6. The lowest BCUT2D eigenvalue weighted by atomic mass is 10.0. The van der Waals surface area contributed by atoms with Gasteiger partial charge < -0.3 is 15.1 Å². The van der Waals surface area contributed by atoms with Crippen LogP contribution in [0.4, 0.5) is 4.39 Å². The van der Waals surface area contributed by atoms with E-state index < -0.39 is 11.9 Å². The number of carbonyl (C=O) groups is 2. The SMILES string of the molecule is CNC(=O)[C@@H](c1ccccc1F)N1CCC[C@H]1C(=O)N1CCN(C)CC1.Cl.Cl. The highest BCUT2D eigenvalue weighted by molar-refractivity contribution is 5.86. The molecule has 2 amide bonds. The van der Waals surface area contributed by atoms with Gasteiger partial charge in [0.2, 0.25) is 11.8 Å². The number of benzene rings is 1. The summed E-state index contributed by atoms with van der Waals surface area (Å²) in [7, 11) is 3.59. The highest BCUT2D eigenvalue weighted by atomic mass is 35.5. The van der Waals surface area contributed by atoms with Crippen molar-refractivity contribution < 1.29 is 14.0 Å². The Bertz CT molecular complexity index is 671. The first-order chi connectivity index (χ1) is 12.5. The predicted molar refractivity (Wildman–Crippen MR) is 112 cm³/mol. The molecule has 0 unspecified atom stereocenters. The van der Waals surface area contributed by atoms with E-state index in [0.29, 0.717) is 31.6 Å². The van der Waals surface area contributed by atoms with E-state index in [1.54, 1.807) is 25.2 Å². The molecule has 6 nitrogen and oxygen atoms in total. The molecule has 0 aromatic heterocycles. The van der Waals surface area contributed by atoms with Gasteiger partial charge in [-0.15, -0.1) is 24.8 Å². The molecule has 2 atom stereocenters. The Morgan fingerprint density at radius 1 is 1.11 bits per heavy atom. The van der Waals surface area contributed by atoms with Crippen LogP contribution >= 0.6 is 24.8 Å². The summed E-state index contributed by atoms with van der Waals surface area (Å²) in [5, 5.41) is 2.63. The highest BCUT2D eigenvalue weighted by Gasteiger charge is 2.41. The van der Waals surface area contributed by atoms with Gasteiger partial charge in [0.15, 0.2) is 0 Å². The predicted octanol–water partition coefficient (Wildman–Crippen LogP) is 1.69. The van der Waals surface area contributed by atoms with Crippen LogP contribution in [0, 0.1) is 5.82 Å². The van der Waals surface area contributed by atoms with Crippen LogP contribution in [0.3, 0.4) is 0 Å². The zero-order chi connectivity index (χ0) is 18.7. The van der Waals surface area contributed by atoms with Crippen molar-refractivity contribution in [2.45, 2.75) is 24.9 Å². The third kappa shape index (κ3) is 5.14. The molecule has 2 saturated heterocycles. The van der Waals surface area contributed by atoms with Gasteiger partial charge in [-0.2, -0.15) is 0 Å². The van der Waals surface area contributed by atoms with Gasteiger partial charge in [-0.05, 0) is 26.0 Å². The first-order valence-electron chi connectivity index (χ1n) is 9.22. The van der Waals surface area contributed by atoms with E-state index in [-0.39, 0.29) is 42.7 Å². The molecule has 1 aromatic rings. The zero-order valence-corrected chi connectivity index (χ0v) is 17.9. The summed E-state index contributed by atoms with van der Waals surface area (Å²) >= 11 is 0. The Kier molecular flexibility index (Phi) is 9.63. The molecule has 1 N–H and O–H groups in total. The molecule has 0 spiro atoms. The molecule has 2 fully saturated rings. The largest absolute Gasteiger partial charge is 0.358 e. The normalized spacial score (nSPS) is 21.4. The van der Waals surface area contributed by atoms with E-state index in [1.807, 2.05) is 16.8 Å². The zero-order valence-electron chi connectivity index (χ0n) is 16.3. The van der Waals surface area contributed by atoms with Crippen LogP contribution in [-0.2, 0) is 9.59 Å². The van der Waals surface area contributed by atoms with Crippen LogP contribution in [0.25, 0.3) is 0 Å². The summed E-state index contributed by atoms with van der Waals surface area (Å²) < 4.78 is 14.4. The maximum Gasteiger partial charge on any atom is 0.241 e. The van der Waals surface area contributed by atoms with Gasteiger partial charge in [-0.3, -0.25) is 14.5 Å². The van der Waals surface area contributed by atoms with Crippen molar-refractivity contribution in [2.24, 2.45) is 0 Å². The summed E-state index contributed by atoms with van der Waals surface area (Å²) in [5.74, 6) is -0.646. The van der Waals surface area contributed by atoms with Crippen molar-refractivity contribution in [3.63, 3.8) is 0 Å². The number of hydrogen-bond acceptors (Lipinski definition) is 4. The van der Waals surface area contributed by atoms with Crippen molar-refractivity contribution in [1.82, 2.24) is 20.0 Å². The second-order valence-corrected chi connectivity index (χ2v) is 7.06. The van der Waals surface area contributed by atoms with Gasteiger partial charge in [0.25, 0.3) is 0 Å². The van der Waals surface area contributed by atoms with E-state index in [9.17, 15) is 14.0 Å². The van der Waals surface area contributed by atoms with Crippen molar-refractivity contribution in [1.29, 1.82) is 0 Å². The molecule has 0 bridgehead atoms. The molecule has 9 heteroatoms. The quantitative estimate of drug-likeness (QED) is 0.783. The highest BCUT2D eigenvalue weighted by Crippen LogP contribution is 2.32. The van der Waals surface area contributed by atoms with Crippen LogP contribution in [0.2, 0.25) is 0 Å². The number of amides is 2. The van der Waals surface area contributed by atoms with E-state index in [0.717, 1.165) is 19.5 Å². The lowest BCUT2D eigenvalue weighted by molar-refractivity contribution is -0.140. The van der Waals surface area contributed by atoms with Crippen molar-refractivity contribution in [3.05, 3.63) is 35.6 Å². The Balaban J connectivity index is 0.00000196. The fraction of sp³-hybridized carbons (Fsp3) is 0.579. The van der Waals surface area contributed by atoms with Crippen LogP contribution in [-0.4, -0.2) is 79.4 Å². The van der Waals surface area contributed by atoms with Crippen LogP contribution in [0.15, 0.2) is 24.3 Å². The van der Waals surface area contributed by atoms with Gasteiger partial charge >= 0.3 is 0 Å². The third-order valence-electron chi connectivity index (χ3n) is 5.42. The molecule has 0 aliphatic carbocycles. The van der Waals surface area contributed by atoms with Crippen LogP contribution in [0.1, 0.15) is 24.4 Å². The van der Waals surface area contributed by atoms with Crippen molar-refractivity contribution >= 4 is 36.6 Å². The van der Waals surface area contributed by atoms with Gasteiger partial charge in [-0.1, -0.05) is 18.2 Å². The minimum Gasteiger partial charge on any atom is -0.358 e. The Labute approximate surface area is 178 Å². The number of rotatable bonds is 4. The van der Waals surface area contributed by atoms with Gasteiger partial charge in [-0.25, -0.2) is 4.39 Å². The molecular weight excluding hydrogens is 406 g/mol. The molecule has 28 heavy (non-hydrogen) atoms. The van der Waals surface area contributed by atoms with Crippen LogP contribution < -0.4 is 5.32 Å². The average molecular weight is 435 g/mol. The molecule has 2 heterocycles. The Morgan fingerprint density at radius 3 is 2.36 bits per heavy atom. The number of nitrogens with one attached hydrogen (secondary N) is 1. The standard InChI is InChI=1S/C19H27FN4O2.2ClH/c1-21-18(25)17(14-6-3-4-7-15(14)20)24-9-5-8-16(24)19(26)23-12-10-22(2)11-13-23;;/h3-4,6-7,16-17H,5,8-13H2,1-2H3,(H,21,25);2*1H/t16-,17+;;/m0../s1. The Morgan fingerprint density at radius 2 is 1.75 bits per heavy atom. The minimum atomic E-state index is -0.787. The van der Waals surface area contributed by atoms with Crippen LogP contribution in [0.5, 0.6) is 0 Å². The molecule has 2 aliphatic heterocycles. The van der Waals surface area contributed by atoms with Gasteiger partial charge in [0.05, 0.1) is 6.04 Å². The van der Waals surface area contributed by atoms with Crippen molar-refractivity contribution in [2.75, 3.05) is 46.8 Å². The summed E-state index contributed by atoms with van der Waals surface area (Å²) in [6, 6.07) is 5.16. The third-order valence-corrected chi connectivity index (χ3v) is 5.42. The second-order valence-electron chi connectivity index (χ2n) is 7.06. The first kappa shape index (κ1) is 24.6. The topological polar surface area (TPSA) is 55.9 Å². The van der Waals surface area contributed by atoms with E-state index >= 15 is 0 Å². The minimum absolute atomic E-state index is 0. The number of halogens is 3. The summed E-state index contributed by atoms with van der Waals surface area (Å²) in [6.07, 6.45) is 1.53. The summed E-state index contributed by atoms with van der Waals surface area (Å²) in [6.45, 7) is 3.71. The molecular formula is C19H29Cl2FN4O2. The number of likely N-dealkylation sites (tertiary alicyclic amines) is 1. The lowest BCUT2D eigenvalue weighted by Crippen LogP contribution is -2.54. The number of hydrogen-bond donors (Lipinski definition) is 1. The molecule has 3 rings (SSSR count). The number of piperazine rings is 1. The smallest absolute Gasteiger partial charge is 0.241 e. The van der Waals surface area contributed by atoms with E-state index in [4.69, 9.17) is 0 Å². The number of likely N-dealkylation sites (N-methyl/N-ethyl adjacent to an activating group) is 2. The monoisotopic (exact) mass is 434 g/mol. The maximum absolute atomic E-state index is 14.4. The number of nitrogens with zero attached hydrogens (tertiary/aromatic N) is 3. The molecule has 2 aliphatic rings. The Hall–Kier alpha value is -1.41. The van der Waals surface area contributed by atoms with Gasteiger partial charge in [0, 0.05) is 45.3 Å². The lowest BCUT2D eigenvalue weighted by Gasteiger charge is -2.37. The van der Waals surface area contributed by atoms with E-state index in [1.165, 1.54) is 6.07 Å². The summed E-state index contributed by atoms with van der Waals surface area (Å²) in [5.41, 5.74) is 0.324. The average Bonchev–Trinajstić information content (AvgIpc) is 3.12. The molecule has 1 aromatic carbocycles. The van der Waals surface area contributed by atoms with Crippen molar-refractivity contribution in [3.8, 4) is 0 Å². The molecule has 0 saturated carbocycles. The number of carbonyl (C=O) groups excluding carboxylic acids is 2. The fourth-order valence-corrected chi connectivity index (χ4v) is 3.90. The molecule has 158 valence electrons. The maximum atomic E-state index is 14.4.